The van der Waals surface area contributed by atoms with Crippen LogP contribution in [0.5, 0.6) is 0 Å². The molecule has 5 nitrogen and oxygen atoms in total. The standard InChI is InChI=1S/C9H20N4O/c1-4-11-9(12-10)13(3)8-5-6-14-7(8)2/h7-8H,4-6,10H2,1-3H3,(H,11,12). The van der Waals surface area contributed by atoms with Gasteiger partial charge in [-0.2, -0.15) is 0 Å². The molecule has 5 heteroatoms. The molecular formula is C9H20N4O. The summed E-state index contributed by atoms with van der Waals surface area (Å²) in [6.45, 7) is 5.61. The van der Waals surface area contributed by atoms with Crippen LogP contribution in [0.4, 0.5) is 0 Å². The van der Waals surface area contributed by atoms with Gasteiger partial charge in [-0.3, -0.25) is 10.4 Å². The van der Waals surface area contributed by atoms with E-state index in [0.717, 1.165) is 25.5 Å². The first-order chi connectivity index (χ1) is 6.70. The van der Waals surface area contributed by atoms with Crippen LogP contribution in [0.25, 0.3) is 0 Å². The summed E-state index contributed by atoms with van der Waals surface area (Å²) in [6.07, 6.45) is 1.28. The monoisotopic (exact) mass is 200 g/mol. The van der Waals surface area contributed by atoms with E-state index in [9.17, 15) is 0 Å². The fraction of sp³-hybridized carbons (Fsp3) is 0.889. The number of ether oxygens (including phenoxy) is 1. The van der Waals surface area contributed by atoms with Crippen molar-refractivity contribution in [3.05, 3.63) is 0 Å². The van der Waals surface area contributed by atoms with Gasteiger partial charge in [0.2, 0.25) is 5.96 Å². The van der Waals surface area contributed by atoms with Gasteiger partial charge in [-0.05, 0) is 20.3 Å². The molecule has 1 saturated heterocycles. The third-order valence-corrected chi connectivity index (χ3v) is 2.60. The Morgan fingerprint density at radius 1 is 1.71 bits per heavy atom. The Kier molecular flexibility index (Phi) is 4.16. The van der Waals surface area contributed by atoms with Gasteiger partial charge in [0.25, 0.3) is 0 Å². The van der Waals surface area contributed by atoms with Gasteiger partial charge >= 0.3 is 0 Å². The summed E-state index contributed by atoms with van der Waals surface area (Å²) in [7, 11) is 1.99. The highest BCUT2D eigenvalue weighted by atomic mass is 16.5. The van der Waals surface area contributed by atoms with E-state index < -0.39 is 0 Å². The molecule has 0 aliphatic carbocycles. The molecule has 1 fully saturated rings. The van der Waals surface area contributed by atoms with Crippen molar-refractivity contribution >= 4 is 5.96 Å². The Labute approximate surface area is 85.3 Å². The molecule has 1 aliphatic heterocycles. The van der Waals surface area contributed by atoms with Crippen LogP contribution in [0.2, 0.25) is 0 Å². The number of hydrazine groups is 1. The lowest BCUT2D eigenvalue weighted by atomic mass is 10.1. The molecule has 0 amide bonds. The number of hydrogen-bond acceptors (Lipinski definition) is 3. The lowest BCUT2D eigenvalue weighted by molar-refractivity contribution is 0.0991. The molecule has 0 saturated carbocycles. The molecule has 0 aromatic rings. The molecule has 82 valence electrons. The fourth-order valence-electron chi connectivity index (χ4n) is 1.79. The molecule has 3 N–H and O–H groups in total. The maximum Gasteiger partial charge on any atom is 0.208 e. The van der Waals surface area contributed by atoms with Crippen LogP contribution in [0, 0.1) is 0 Å². The Morgan fingerprint density at radius 3 is 2.86 bits per heavy atom. The molecule has 2 atom stereocenters. The summed E-state index contributed by atoms with van der Waals surface area (Å²) < 4.78 is 5.49. The van der Waals surface area contributed by atoms with E-state index in [1.807, 2.05) is 14.0 Å². The smallest absolute Gasteiger partial charge is 0.208 e. The van der Waals surface area contributed by atoms with Crippen molar-refractivity contribution in [1.82, 2.24) is 10.3 Å². The van der Waals surface area contributed by atoms with E-state index >= 15 is 0 Å². The molecule has 0 bridgehead atoms. The van der Waals surface area contributed by atoms with Gasteiger partial charge in [0.1, 0.15) is 0 Å². The quantitative estimate of drug-likeness (QED) is 0.283. The maximum absolute atomic E-state index is 5.49. The number of nitrogens with two attached hydrogens (primary N) is 1. The third kappa shape index (κ3) is 2.36. The summed E-state index contributed by atoms with van der Waals surface area (Å²) in [5.74, 6) is 6.14. The minimum Gasteiger partial charge on any atom is -0.376 e. The summed E-state index contributed by atoms with van der Waals surface area (Å²) in [5, 5.41) is 0. The van der Waals surface area contributed by atoms with E-state index in [1.165, 1.54) is 0 Å². The summed E-state index contributed by atoms with van der Waals surface area (Å²) in [6, 6.07) is 0.372. The molecule has 1 rings (SSSR count). The van der Waals surface area contributed by atoms with Gasteiger partial charge in [-0.25, -0.2) is 5.84 Å². The normalized spacial score (nSPS) is 27.9. The van der Waals surface area contributed by atoms with Gasteiger partial charge in [0.15, 0.2) is 0 Å². The first kappa shape index (κ1) is 11.3. The first-order valence-electron chi connectivity index (χ1n) is 5.06. The number of guanidine groups is 1. The van der Waals surface area contributed by atoms with Crippen molar-refractivity contribution < 1.29 is 4.74 Å². The van der Waals surface area contributed by atoms with E-state index in [2.05, 4.69) is 22.2 Å². The Balaban J connectivity index is 2.62. The summed E-state index contributed by atoms with van der Waals surface area (Å²) in [4.78, 5) is 6.33. The highest BCUT2D eigenvalue weighted by Crippen LogP contribution is 2.17. The number of aliphatic imine (C=N–C) groups is 1. The third-order valence-electron chi connectivity index (χ3n) is 2.60. The number of rotatable bonds is 2. The topological polar surface area (TPSA) is 62.9 Å². The predicted octanol–water partition coefficient (Wildman–Crippen LogP) is -0.0652. The summed E-state index contributed by atoms with van der Waals surface area (Å²) in [5.41, 5.74) is 2.62. The average molecular weight is 200 g/mol. The molecule has 1 aliphatic rings. The van der Waals surface area contributed by atoms with Crippen LogP contribution < -0.4 is 11.3 Å². The van der Waals surface area contributed by atoms with Crippen LogP contribution in [0.3, 0.4) is 0 Å². The van der Waals surface area contributed by atoms with Crippen molar-refractivity contribution in [2.24, 2.45) is 10.8 Å². The molecule has 0 aromatic heterocycles. The minimum absolute atomic E-state index is 0.246. The van der Waals surface area contributed by atoms with E-state index in [0.29, 0.717) is 6.04 Å². The highest BCUT2D eigenvalue weighted by molar-refractivity contribution is 5.79. The Hall–Kier alpha value is -0.810. The minimum atomic E-state index is 0.246. The van der Waals surface area contributed by atoms with E-state index in [-0.39, 0.29) is 6.10 Å². The van der Waals surface area contributed by atoms with E-state index in [4.69, 9.17) is 10.6 Å². The average Bonchev–Trinajstić information content (AvgIpc) is 2.59. The number of hydrogen-bond donors (Lipinski definition) is 2. The second-order valence-electron chi connectivity index (χ2n) is 3.49. The molecule has 0 spiro atoms. The van der Waals surface area contributed by atoms with Crippen molar-refractivity contribution in [2.45, 2.75) is 32.4 Å². The second-order valence-corrected chi connectivity index (χ2v) is 3.49. The Bertz CT molecular complexity index is 207. The predicted molar refractivity (Wildman–Crippen MR) is 56.9 cm³/mol. The van der Waals surface area contributed by atoms with Crippen LogP contribution in [-0.4, -0.2) is 43.2 Å². The number of nitrogens with zero attached hydrogens (tertiary/aromatic N) is 2. The SMILES string of the molecule is CCN=C(NN)N(C)C1CCOC1C. The van der Waals surface area contributed by atoms with Crippen LogP contribution in [0.15, 0.2) is 4.99 Å². The van der Waals surface area contributed by atoms with Gasteiger partial charge in [0.05, 0.1) is 12.1 Å². The highest BCUT2D eigenvalue weighted by Gasteiger charge is 2.29. The van der Waals surface area contributed by atoms with Gasteiger partial charge in [-0.1, -0.05) is 0 Å². The molecule has 14 heavy (non-hydrogen) atoms. The van der Waals surface area contributed by atoms with Gasteiger partial charge < -0.3 is 9.64 Å². The van der Waals surface area contributed by atoms with Crippen molar-refractivity contribution in [3.8, 4) is 0 Å². The zero-order chi connectivity index (χ0) is 10.6. The van der Waals surface area contributed by atoms with Gasteiger partial charge in [0, 0.05) is 20.2 Å². The molecule has 2 unspecified atom stereocenters. The van der Waals surface area contributed by atoms with Crippen molar-refractivity contribution in [3.63, 3.8) is 0 Å². The fourth-order valence-corrected chi connectivity index (χ4v) is 1.79. The zero-order valence-corrected chi connectivity index (χ0v) is 9.16. The van der Waals surface area contributed by atoms with Crippen LogP contribution in [0.1, 0.15) is 20.3 Å². The lowest BCUT2D eigenvalue weighted by Gasteiger charge is -2.29. The molecule has 1 heterocycles. The largest absolute Gasteiger partial charge is 0.376 e. The number of nitrogens with one attached hydrogen (secondary N) is 1. The molecule has 0 radical (unpaired) electrons. The lowest BCUT2D eigenvalue weighted by Crippen LogP contribution is -2.49. The summed E-state index contributed by atoms with van der Waals surface area (Å²) >= 11 is 0. The number of likely N-dealkylation sites (N-methyl/N-ethyl adjacent to an activating group) is 1. The Morgan fingerprint density at radius 2 is 2.43 bits per heavy atom. The van der Waals surface area contributed by atoms with Crippen molar-refractivity contribution in [2.75, 3.05) is 20.2 Å². The van der Waals surface area contributed by atoms with E-state index in [1.54, 1.807) is 0 Å². The van der Waals surface area contributed by atoms with Gasteiger partial charge in [-0.15, -0.1) is 0 Å². The zero-order valence-electron chi connectivity index (χ0n) is 9.16. The first-order valence-corrected chi connectivity index (χ1v) is 5.06. The van der Waals surface area contributed by atoms with Crippen LogP contribution in [-0.2, 0) is 4.74 Å². The molecule has 0 aromatic carbocycles. The maximum atomic E-state index is 5.49. The van der Waals surface area contributed by atoms with Crippen LogP contribution >= 0.6 is 0 Å². The second kappa shape index (κ2) is 5.17. The molecular weight excluding hydrogens is 180 g/mol. The van der Waals surface area contributed by atoms with Crippen molar-refractivity contribution in [1.29, 1.82) is 0 Å².